The van der Waals surface area contributed by atoms with Gasteiger partial charge in [-0.3, -0.25) is 9.59 Å². The number of carbonyl (C=O) groups is 2. The highest BCUT2D eigenvalue weighted by Crippen LogP contribution is 2.55. The minimum absolute atomic E-state index is 0.147. The summed E-state index contributed by atoms with van der Waals surface area (Å²) in [5.41, 5.74) is 1.18. The first-order chi connectivity index (χ1) is 11.1. The number of hydrogen-bond acceptors (Lipinski definition) is 3. The van der Waals surface area contributed by atoms with Crippen LogP contribution in [0.25, 0.3) is 0 Å². The van der Waals surface area contributed by atoms with Crippen LogP contribution in [0, 0.1) is 29.1 Å². The highest BCUT2D eigenvalue weighted by Gasteiger charge is 2.48. The van der Waals surface area contributed by atoms with Crippen LogP contribution in [0.1, 0.15) is 66.2 Å². The van der Waals surface area contributed by atoms with E-state index in [2.05, 4.69) is 13.5 Å². The van der Waals surface area contributed by atoms with E-state index in [4.69, 9.17) is 4.74 Å². The maximum Gasteiger partial charge on any atom is 0.306 e. The van der Waals surface area contributed by atoms with Gasteiger partial charge in [-0.15, -0.1) is 0 Å². The summed E-state index contributed by atoms with van der Waals surface area (Å²) in [6.07, 6.45) is 4.94. The molecule has 2 rings (SSSR count). The molecule has 0 amide bonds. The van der Waals surface area contributed by atoms with E-state index in [9.17, 15) is 14.7 Å². The molecule has 0 aromatic rings. The monoisotopic (exact) mass is 336 g/mol. The molecule has 136 valence electrons. The van der Waals surface area contributed by atoms with Crippen molar-refractivity contribution in [3.05, 3.63) is 12.2 Å². The molecule has 0 unspecified atom stereocenters. The zero-order valence-electron chi connectivity index (χ0n) is 15.5. The lowest BCUT2D eigenvalue weighted by Gasteiger charge is -2.51. The number of carboxylic acids is 1. The summed E-state index contributed by atoms with van der Waals surface area (Å²) in [4.78, 5) is 23.4. The average molecular weight is 336 g/mol. The van der Waals surface area contributed by atoms with Crippen molar-refractivity contribution in [3.63, 3.8) is 0 Å². The molecule has 24 heavy (non-hydrogen) atoms. The quantitative estimate of drug-likeness (QED) is 0.595. The Labute approximate surface area is 145 Å². The van der Waals surface area contributed by atoms with Crippen molar-refractivity contribution in [2.45, 2.75) is 72.3 Å². The molecule has 0 spiro atoms. The Balaban J connectivity index is 2.07. The fraction of sp³-hybridized carbons (Fsp3) is 0.800. The Morgan fingerprint density at radius 3 is 2.50 bits per heavy atom. The third-order valence-electron chi connectivity index (χ3n) is 6.25. The van der Waals surface area contributed by atoms with Crippen molar-refractivity contribution >= 4 is 11.9 Å². The Morgan fingerprint density at radius 1 is 1.29 bits per heavy atom. The second kappa shape index (κ2) is 7.28. The van der Waals surface area contributed by atoms with Gasteiger partial charge >= 0.3 is 11.9 Å². The summed E-state index contributed by atoms with van der Waals surface area (Å²) >= 11 is 0. The van der Waals surface area contributed by atoms with Crippen LogP contribution in [0.4, 0.5) is 0 Å². The van der Waals surface area contributed by atoms with Crippen molar-refractivity contribution in [2.24, 2.45) is 29.1 Å². The van der Waals surface area contributed by atoms with Gasteiger partial charge in [-0.2, -0.15) is 0 Å². The molecule has 2 saturated carbocycles. The second-order valence-corrected chi connectivity index (χ2v) is 8.56. The van der Waals surface area contributed by atoms with Gasteiger partial charge in [0, 0.05) is 6.42 Å². The van der Waals surface area contributed by atoms with Gasteiger partial charge in [-0.1, -0.05) is 34.3 Å². The van der Waals surface area contributed by atoms with Crippen molar-refractivity contribution < 1.29 is 19.4 Å². The molecule has 0 aromatic carbocycles. The minimum Gasteiger partial charge on any atom is -0.481 e. The predicted molar refractivity (Wildman–Crippen MR) is 93.4 cm³/mol. The highest BCUT2D eigenvalue weighted by atomic mass is 16.5. The number of carboxylic acid groups (broad SMARTS) is 1. The van der Waals surface area contributed by atoms with Crippen LogP contribution in [-0.2, 0) is 14.3 Å². The third-order valence-corrected chi connectivity index (χ3v) is 6.25. The molecule has 0 aromatic heterocycles. The molecular formula is C20H32O4. The SMILES string of the molecule is C=C1[C@@H](OC(=O)CC(C)C)CC[C@]2(C)CC[C@@H]([C@H](C)C(=O)O)C[C@H]12. The molecule has 0 bridgehead atoms. The molecule has 0 aliphatic heterocycles. The maximum absolute atomic E-state index is 12.0. The lowest BCUT2D eigenvalue weighted by Crippen LogP contribution is -2.45. The average Bonchev–Trinajstić information content (AvgIpc) is 2.48. The van der Waals surface area contributed by atoms with Crippen LogP contribution in [0.5, 0.6) is 0 Å². The summed E-state index contributed by atoms with van der Waals surface area (Å²) in [5, 5.41) is 9.32. The Hall–Kier alpha value is -1.32. The summed E-state index contributed by atoms with van der Waals surface area (Å²) < 4.78 is 5.70. The Bertz CT molecular complexity index is 510. The first-order valence-corrected chi connectivity index (χ1v) is 9.25. The van der Waals surface area contributed by atoms with Crippen molar-refractivity contribution in [3.8, 4) is 0 Å². The van der Waals surface area contributed by atoms with Crippen LogP contribution in [0.3, 0.4) is 0 Å². The minimum atomic E-state index is -0.718. The lowest BCUT2D eigenvalue weighted by atomic mass is 9.55. The van der Waals surface area contributed by atoms with E-state index in [1.807, 2.05) is 13.8 Å². The first kappa shape index (κ1) is 19.0. The largest absolute Gasteiger partial charge is 0.481 e. The summed E-state index contributed by atoms with van der Waals surface area (Å²) in [7, 11) is 0. The van der Waals surface area contributed by atoms with Crippen molar-refractivity contribution in [1.82, 2.24) is 0 Å². The van der Waals surface area contributed by atoms with E-state index < -0.39 is 5.97 Å². The molecule has 2 aliphatic rings. The van der Waals surface area contributed by atoms with E-state index in [1.54, 1.807) is 6.92 Å². The Morgan fingerprint density at radius 2 is 1.92 bits per heavy atom. The van der Waals surface area contributed by atoms with Crippen molar-refractivity contribution in [1.29, 1.82) is 0 Å². The van der Waals surface area contributed by atoms with Gasteiger partial charge in [0.1, 0.15) is 6.10 Å². The molecular weight excluding hydrogens is 304 g/mol. The van der Waals surface area contributed by atoms with Gasteiger partial charge in [0.05, 0.1) is 5.92 Å². The van der Waals surface area contributed by atoms with Crippen LogP contribution in [-0.4, -0.2) is 23.1 Å². The maximum atomic E-state index is 12.0. The van der Waals surface area contributed by atoms with E-state index in [-0.39, 0.29) is 41.2 Å². The number of hydrogen-bond donors (Lipinski definition) is 1. The number of rotatable bonds is 5. The molecule has 4 nitrogen and oxygen atoms in total. The lowest BCUT2D eigenvalue weighted by molar-refractivity contribution is -0.151. The van der Waals surface area contributed by atoms with Gasteiger partial charge < -0.3 is 9.84 Å². The summed E-state index contributed by atoms with van der Waals surface area (Å²) in [6.45, 7) is 12.4. The van der Waals surface area contributed by atoms with Gasteiger partial charge in [-0.05, 0) is 60.8 Å². The zero-order chi connectivity index (χ0) is 18.1. The Kier molecular flexibility index (Phi) is 5.77. The first-order valence-electron chi connectivity index (χ1n) is 9.25. The molecule has 1 N–H and O–H groups in total. The second-order valence-electron chi connectivity index (χ2n) is 8.56. The molecule has 5 atom stereocenters. The highest BCUT2D eigenvalue weighted by molar-refractivity contribution is 5.70. The smallest absolute Gasteiger partial charge is 0.306 e. The zero-order valence-corrected chi connectivity index (χ0v) is 15.5. The standard InChI is InChI=1S/C20H32O4/c1-12(2)10-18(21)24-17-7-9-20(5)8-6-15(13(3)19(22)23)11-16(20)14(17)4/h12-13,15-17H,4,6-11H2,1-3,5H3,(H,22,23)/t13-,15+,16+,17-,20-/m0/s1. The molecule has 4 heteroatoms. The van der Waals surface area contributed by atoms with Gasteiger partial charge in [0.15, 0.2) is 0 Å². The normalized spacial score (nSPS) is 34.5. The van der Waals surface area contributed by atoms with Crippen LogP contribution >= 0.6 is 0 Å². The summed E-state index contributed by atoms with van der Waals surface area (Å²) in [5.74, 6) is -0.469. The fourth-order valence-electron chi connectivity index (χ4n) is 4.49. The molecule has 2 aliphatic carbocycles. The van der Waals surface area contributed by atoms with Crippen LogP contribution in [0.2, 0.25) is 0 Å². The van der Waals surface area contributed by atoms with E-state index in [1.165, 1.54) is 0 Å². The molecule has 0 radical (unpaired) electrons. The number of carbonyl (C=O) groups excluding carboxylic acids is 1. The van der Waals surface area contributed by atoms with E-state index in [0.717, 1.165) is 37.7 Å². The fourth-order valence-corrected chi connectivity index (χ4v) is 4.49. The van der Waals surface area contributed by atoms with Gasteiger partial charge in [-0.25, -0.2) is 0 Å². The topological polar surface area (TPSA) is 63.6 Å². The number of ether oxygens (including phenoxy) is 1. The predicted octanol–water partition coefficient (Wildman–Crippen LogP) is 4.44. The molecule has 0 saturated heterocycles. The number of aliphatic carboxylic acids is 1. The van der Waals surface area contributed by atoms with E-state index in [0.29, 0.717) is 6.42 Å². The van der Waals surface area contributed by atoms with Gasteiger partial charge in [0.25, 0.3) is 0 Å². The molecule has 2 fully saturated rings. The van der Waals surface area contributed by atoms with E-state index >= 15 is 0 Å². The van der Waals surface area contributed by atoms with Gasteiger partial charge in [0.2, 0.25) is 0 Å². The van der Waals surface area contributed by atoms with Crippen LogP contribution < -0.4 is 0 Å². The third kappa shape index (κ3) is 4.01. The van der Waals surface area contributed by atoms with Crippen molar-refractivity contribution in [2.75, 3.05) is 0 Å². The summed E-state index contributed by atoms with van der Waals surface area (Å²) in [6, 6.07) is 0. The number of esters is 1. The van der Waals surface area contributed by atoms with Crippen LogP contribution in [0.15, 0.2) is 12.2 Å². The number of fused-ring (bicyclic) bond motifs is 1. The molecule has 0 heterocycles.